The number of nitrogens with zero attached hydrogens (tertiary/aromatic N) is 6. The summed E-state index contributed by atoms with van der Waals surface area (Å²) in [4.78, 5) is 10.1. The highest BCUT2D eigenvalue weighted by atomic mass is 32.2. The molecular weight excluding hydrogens is 383 g/mol. The molecule has 0 atom stereocenters. The highest BCUT2D eigenvalue weighted by Gasteiger charge is 2.18. The van der Waals surface area contributed by atoms with Crippen LogP contribution in [0.5, 0.6) is 0 Å². The van der Waals surface area contributed by atoms with Gasteiger partial charge in [0, 0.05) is 26.7 Å². The first kappa shape index (κ1) is 19.7. The molecule has 146 valence electrons. The average molecular weight is 402 g/mol. The first-order valence-corrected chi connectivity index (χ1v) is 10.2. The van der Waals surface area contributed by atoms with Crippen LogP contribution >= 0.6 is 0 Å². The number of hydrogen-bond donors (Lipinski definition) is 0. The minimum absolute atomic E-state index is 0.0768. The summed E-state index contributed by atoms with van der Waals surface area (Å²) in [6.45, 7) is -0.372. The number of imidazole rings is 1. The third kappa shape index (κ3) is 3.95. The molecule has 2 aromatic heterocycles. The van der Waals surface area contributed by atoms with Crippen molar-refractivity contribution < 1.29 is 12.8 Å². The largest absolute Gasteiger partial charge is 0.334 e. The Labute approximate surface area is 162 Å². The van der Waals surface area contributed by atoms with Crippen molar-refractivity contribution in [3.05, 3.63) is 48.2 Å². The molecule has 8 nitrogen and oxygen atoms in total. The second-order valence-corrected chi connectivity index (χ2v) is 8.40. The highest BCUT2D eigenvalue weighted by molar-refractivity contribution is 7.88. The van der Waals surface area contributed by atoms with E-state index in [-0.39, 0.29) is 13.1 Å². The Morgan fingerprint density at radius 1 is 1.29 bits per heavy atom. The molecule has 0 aliphatic rings. The van der Waals surface area contributed by atoms with Crippen molar-refractivity contribution in [1.29, 1.82) is 5.26 Å². The minimum atomic E-state index is -3.57. The van der Waals surface area contributed by atoms with Gasteiger partial charge in [0.1, 0.15) is 23.7 Å². The zero-order valence-corrected chi connectivity index (χ0v) is 16.5. The van der Waals surface area contributed by atoms with Crippen molar-refractivity contribution in [1.82, 2.24) is 18.8 Å². The van der Waals surface area contributed by atoms with Crippen molar-refractivity contribution in [2.24, 2.45) is 7.05 Å². The Kier molecular flexibility index (Phi) is 5.31. The Balaban J connectivity index is 1.88. The molecule has 1 aromatic carbocycles. The molecule has 3 rings (SSSR count). The van der Waals surface area contributed by atoms with Crippen LogP contribution < -0.4 is 4.90 Å². The van der Waals surface area contributed by atoms with Gasteiger partial charge in [-0.2, -0.15) is 9.57 Å². The fourth-order valence-corrected chi connectivity index (χ4v) is 3.50. The van der Waals surface area contributed by atoms with E-state index in [9.17, 15) is 12.8 Å². The summed E-state index contributed by atoms with van der Waals surface area (Å²) in [6, 6.07) is 8.08. The molecular formula is C18H19FN6O2S. The van der Waals surface area contributed by atoms with Crippen molar-refractivity contribution in [2.45, 2.75) is 6.54 Å². The maximum Gasteiger partial charge on any atom is 0.212 e. The van der Waals surface area contributed by atoms with E-state index >= 15 is 0 Å². The lowest BCUT2D eigenvalue weighted by Gasteiger charge is -2.21. The van der Waals surface area contributed by atoms with Crippen LogP contribution in [-0.2, 0) is 23.6 Å². The zero-order valence-electron chi connectivity index (χ0n) is 15.7. The predicted molar refractivity (Wildman–Crippen MR) is 104 cm³/mol. The van der Waals surface area contributed by atoms with Crippen molar-refractivity contribution >= 4 is 32.6 Å². The van der Waals surface area contributed by atoms with E-state index in [1.165, 1.54) is 6.07 Å². The van der Waals surface area contributed by atoms with Gasteiger partial charge in [0.05, 0.1) is 36.1 Å². The van der Waals surface area contributed by atoms with Crippen molar-refractivity contribution in [3.63, 3.8) is 0 Å². The number of sulfonamides is 1. The Hall–Kier alpha value is -3.03. The van der Waals surface area contributed by atoms with Crippen LogP contribution in [0.1, 0.15) is 5.56 Å². The summed E-state index contributed by atoms with van der Waals surface area (Å²) < 4.78 is 41.1. The molecule has 10 heteroatoms. The summed E-state index contributed by atoms with van der Waals surface area (Å²) in [5, 5.41) is 8.80. The first-order valence-electron chi connectivity index (χ1n) is 8.32. The smallest absolute Gasteiger partial charge is 0.212 e. The maximum atomic E-state index is 14.7. The SMILES string of the molecule is CN(c1cc2c(cn1)ncn2C)c1ccc(CN(CC#N)S(C)(=O)=O)cc1F. The van der Waals surface area contributed by atoms with Gasteiger partial charge in [0.15, 0.2) is 0 Å². The number of benzene rings is 1. The Bertz CT molecular complexity index is 1170. The van der Waals surface area contributed by atoms with Gasteiger partial charge in [-0.1, -0.05) is 6.07 Å². The summed E-state index contributed by atoms with van der Waals surface area (Å²) in [5.41, 5.74) is 2.36. The zero-order chi connectivity index (χ0) is 20.5. The standard InChI is InChI=1S/C18H19FN6O2S/c1-23-12-22-15-10-21-18(9-17(15)23)24(2)16-5-4-13(8-14(16)19)11-25(7-6-20)28(3,26)27/h4-5,8-10,12H,7,11H2,1-3H3. The van der Waals surface area contributed by atoms with Crippen LogP contribution in [0.2, 0.25) is 0 Å². The van der Waals surface area contributed by atoms with Gasteiger partial charge >= 0.3 is 0 Å². The maximum absolute atomic E-state index is 14.7. The van der Waals surface area contributed by atoms with Gasteiger partial charge in [0.25, 0.3) is 0 Å². The van der Waals surface area contributed by atoms with Crippen LogP contribution in [-0.4, -0.2) is 47.1 Å². The van der Waals surface area contributed by atoms with Crippen molar-refractivity contribution in [2.75, 3.05) is 24.7 Å². The molecule has 0 spiro atoms. The minimum Gasteiger partial charge on any atom is -0.334 e. The van der Waals surface area contributed by atoms with Crippen LogP contribution in [0.15, 0.2) is 36.8 Å². The van der Waals surface area contributed by atoms with Crippen molar-refractivity contribution in [3.8, 4) is 6.07 Å². The average Bonchev–Trinajstić information content (AvgIpc) is 3.01. The van der Waals surface area contributed by atoms with Gasteiger partial charge in [-0.15, -0.1) is 0 Å². The lowest BCUT2D eigenvalue weighted by Crippen LogP contribution is -2.29. The Morgan fingerprint density at radius 3 is 2.68 bits per heavy atom. The van der Waals surface area contributed by atoms with Crippen LogP contribution in [0, 0.1) is 17.1 Å². The van der Waals surface area contributed by atoms with Crippen LogP contribution in [0.4, 0.5) is 15.9 Å². The van der Waals surface area contributed by atoms with Gasteiger partial charge in [-0.25, -0.2) is 22.8 Å². The molecule has 2 heterocycles. The highest BCUT2D eigenvalue weighted by Crippen LogP contribution is 2.27. The molecule has 0 saturated carbocycles. The quantitative estimate of drug-likeness (QED) is 0.587. The van der Waals surface area contributed by atoms with E-state index in [1.807, 2.05) is 17.7 Å². The summed E-state index contributed by atoms with van der Waals surface area (Å²) >= 11 is 0. The summed E-state index contributed by atoms with van der Waals surface area (Å²) in [6.07, 6.45) is 4.32. The third-order valence-corrected chi connectivity index (χ3v) is 5.59. The molecule has 0 fully saturated rings. The van der Waals surface area contributed by atoms with Gasteiger partial charge in [-0.05, 0) is 17.7 Å². The normalized spacial score (nSPS) is 11.7. The lowest BCUT2D eigenvalue weighted by molar-refractivity contribution is 0.445. The van der Waals surface area contributed by atoms with E-state index in [1.54, 1.807) is 42.7 Å². The summed E-state index contributed by atoms with van der Waals surface area (Å²) in [5.74, 6) is 0.0299. The number of fused-ring (bicyclic) bond motifs is 1. The monoisotopic (exact) mass is 402 g/mol. The second kappa shape index (κ2) is 7.53. The molecule has 0 bridgehead atoms. The van der Waals surface area contributed by atoms with E-state index < -0.39 is 15.8 Å². The number of pyridine rings is 1. The number of hydrogen-bond acceptors (Lipinski definition) is 6. The fourth-order valence-electron chi connectivity index (χ4n) is 2.82. The number of nitriles is 1. The number of aryl methyl sites for hydroxylation is 1. The van der Waals surface area contributed by atoms with Crippen LogP contribution in [0.25, 0.3) is 11.0 Å². The first-order chi connectivity index (χ1) is 13.2. The molecule has 0 unspecified atom stereocenters. The lowest BCUT2D eigenvalue weighted by atomic mass is 10.2. The molecule has 0 saturated heterocycles. The van der Waals surface area contributed by atoms with E-state index in [0.717, 1.165) is 21.6 Å². The number of aromatic nitrogens is 3. The molecule has 0 radical (unpaired) electrons. The van der Waals surface area contributed by atoms with E-state index in [0.29, 0.717) is 17.1 Å². The van der Waals surface area contributed by atoms with E-state index in [4.69, 9.17) is 5.26 Å². The van der Waals surface area contributed by atoms with Gasteiger partial charge < -0.3 is 9.47 Å². The van der Waals surface area contributed by atoms with Crippen LogP contribution in [0.3, 0.4) is 0 Å². The van der Waals surface area contributed by atoms with Gasteiger partial charge in [0.2, 0.25) is 10.0 Å². The predicted octanol–water partition coefficient (Wildman–Crippen LogP) is 2.16. The molecule has 0 amide bonds. The molecule has 0 aliphatic carbocycles. The van der Waals surface area contributed by atoms with E-state index in [2.05, 4.69) is 9.97 Å². The molecule has 3 aromatic rings. The number of anilines is 2. The van der Waals surface area contributed by atoms with Gasteiger partial charge in [-0.3, -0.25) is 0 Å². The molecule has 0 aliphatic heterocycles. The number of rotatable bonds is 6. The molecule has 28 heavy (non-hydrogen) atoms. The third-order valence-electron chi connectivity index (χ3n) is 4.39. The Morgan fingerprint density at radius 2 is 2.04 bits per heavy atom. The number of halogens is 1. The molecule has 0 N–H and O–H groups in total. The topological polar surface area (TPSA) is 95.1 Å². The fraction of sp³-hybridized carbons (Fsp3) is 0.278. The summed E-state index contributed by atoms with van der Waals surface area (Å²) in [7, 11) is -0.00729. The second-order valence-electron chi connectivity index (χ2n) is 6.42.